The molecule has 2 N–H and O–H groups in total. The van der Waals surface area contributed by atoms with Crippen LogP contribution in [-0.2, 0) is 10.4 Å². The van der Waals surface area contributed by atoms with Gasteiger partial charge in [-0.15, -0.1) is 0 Å². The van der Waals surface area contributed by atoms with E-state index in [1.165, 1.54) is 12.1 Å². The molecule has 4 rings (SSSR count). The number of amides is 1. The third-order valence-corrected chi connectivity index (χ3v) is 5.10. The lowest BCUT2D eigenvalue weighted by atomic mass is 9.87. The second kappa shape index (κ2) is 6.09. The molecule has 0 radical (unpaired) electrons. The van der Waals surface area contributed by atoms with Gasteiger partial charge in [0.2, 0.25) is 0 Å². The van der Waals surface area contributed by atoms with Crippen molar-refractivity contribution in [3.8, 4) is 0 Å². The second-order valence-electron chi connectivity index (χ2n) is 6.29. The number of aliphatic hydroxyl groups is 1. The Labute approximate surface area is 159 Å². The molecule has 3 aromatic carbocycles. The number of benzene rings is 3. The minimum Gasteiger partial charge on any atom is -0.375 e. The average Bonchev–Trinajstić information content (AvgIpc) is 2.84. The van der Waals surface area contributed by atoms with E-state index in [-0.39, 0.29) is 16.4 Å². The SMILES string of the molecule is O=C(C[C@]1(O)C(=O)Nc2cc(Cl)cc(Cl)c21)c1ccc2ccccc2c1. The summed E-state index contributed by atoms with van der Waals surface area (Å²) < 4.78 is 0. The van der Waals surface area contributed by atoms with Gasteiger partial charge < -0.3 is 10.4 Å². The first-order chi connectivity index (χ1) is 12.4. The molecule has 0 aromatic heterocycles. The molecule has 130 valence electrons. The molecule has 6 heteroatoms. The van der Waals surface area contributed by atoms with Crippen molar-refractivity contribution in [2.45, 2.75) is 12.0 Å². The lowest BCUT2D eigenvalue weighted by Gasteiger charge is -2.21. The van der Waals surface area contributed by atoms with Gasteiger partial charge in [0.25, 0.3) is 5.91 Å². The third kappa shape index (κ3) is 2.67. The normalized spacial score (nSPS) is 18.7. The summed E-state index contributed by atoms with van der Waals surface area (Å²) in [6.45, 7) is 0. The van der Waals surface area contributed by atoms with Crippen molar-refractivity contribution in [1.29, 1.82) is 0 Å². The Hall–Kier alpha value is -2.40. The molecule has 4 nitrogen and oxygen atoms in total. The Morgan fingerprint density at radius 1 is 1.04 bits per heavy atom. The van der Waals surface area contributed by atoms with Gasteiger partial charge in [-0.25, -0.2) is 0 Å². The van der Waals surface area contributed by atoms with Gasteiger partial charge in [-0.1, -0.05) is 59.6 Å². The number of halogens is 2. The molecular weight excluding hydrogens is 373 g/mol. The van der Waals surface area contributed by atoms with Crippen LogP contribution in [0.15, 0.2) is 54.6 Å². The van der Waals surface area contributed by atoms with Crippen LogP contribution in [0.5, 0.6) is 0 Å². The molecule has 26 heavy (non-hydrogen) atoms. The molecule has 0 fully saturated rings. The molecule has 1 atom stereocenters. The van der Waals surface area contributed by atoms with Crippen LogP contribution in [0.3, 0.4) is 0 Å². The highest BCUT2D eigenvalue weighted by atomic mass is 35.5. The monoisotopic (exact) mass is 385 g/mol. The first-order valence-electron chi connectivity index (χ1n) is 7.94. The number of carbonyl (C=O) groups is 2. The van der Waals surface area contributed by atoms with Crippen LogP contribution in [-0.4, -0.2) is 16.8 Å². The number of hydrogen-bond acceptors (Lipinski definition) is 3. The van der Waals surface area contributed by atoms with Crippen LogP contribution >= 0.6 is 23.2 Å². The number of ketones is 1. The molecule has 1 amide bonds. The summed E-state index contributed by atoms with van der Waals surface area (Å²) >= 11 is 12.1. The Morgan fingerprint density at radius 2 is 1.77 bits per heavy atom. The van der Waals surface area contributed by atoms with Gasteiger partial charge >= 0.3 is 0 Å². The van der Waals surface area contributed by atoms with E-state index in [9.17, 15) is 14.7 Å². The number of rotatable bonds is 3. The highest BCUT2D eigenvalue weighted by molar-refractivity contribution is 6.36. The van der Waals surface area contributed by atoms with Gasteiger partial charge in [0.15, 0.2) is 11.4 Å². The minimum absolute atomic E-state index is 0.139. The van der Waals surface area contributed by atoms with E-state index < -0.39 is 17.9 Å². The van der Waals surface area contributed by atoms with Crippen LogP contribution in [0.25, 0.3) is 10.8 Å². The average molecular weight is 386 g/mol. The van der Waals surface area contributed by atoms with E-state index in [1.807, 2.05) is 30.3 Å². The smallest absolute Gasteiger partial charge is 0.261 e. The highest BCUT2D eigenvalue weighted by Gasteiger charge is 2.48. The summed E-state index contributed by atoms with van der Waals surface area (Å²) in [4.78, 5) is 25.2. The Morgan fingerprint density at radius 3 is 2.54 bits per heavy atom. The molecule has 0 spiro atoms. The summed E-state index contributed by atoms with van der Waals surface area (Å²) in [5, 5.41) is 15.9. The van der Waals surface area contributed by atoms with Crippen molar-refractivity contribution in [1.82, 2.24) is 0 Å². The number of anilines is 1. The summed E-state index contributed by atoms with van der Waals surface area (Å²) in [6.07, 6.45) is -0.411. The molecule has 0 bridgehead atoms. The molecule has 1 heterocycles. The van der Waals surface area contributed by atoms with Crippen LogP contribution in [0.4, 0.5) is 5.69 Å². The zero-order valence-corrected chi connectivity index (χ0v) is 14.9. The van der Waals surface area contributed by atoms with Crippen molar-refractivity contribution in [3.05, 3.63) is 75.8 Å². The van der Waals surface area contributed by atoms with Gasteiger partial charge in [-0.2, -0.15) is 0 Å². The first kappa shape index (κ1) is 17.0. The number of carbonyl (C=O) groups excluding carboxylic acids is 2. The molecule has 0 aliphatic carbocycles. The number of fused-ring (bicyclic) bond motifs is 2. The molecule has 0 unspecified atom stereocenters. The Kier molecular flexibility index (Phi) is 3.99. The molecule has 3 aromatic rings. The standard InChI is InChI=1S/C20H13Cl2NO3/c21-14-8-15(22)18-16(9-14)23-19(25)20(18,26)10-17(24)13-6-5-11-3-1-2-4-12(11)7-13/h1-9,26H,10H2,(H,23,25)/t20-/m1/s1. The maximum atomic E-state index is 12.8. The van der Waals surface area contributed by atoms with Crippen LogP contribution in [0.1, 0.15) is 22.3 Å². The van der Waals surface area contributed by atoms with E-state index in [4.69, 9.17) is 23.2 Å². The van der Waals surface area contributed by atoms with E-state index in [0.29, 0.717) is 16.3 Å². The van der Waals surface area contributed by atoms with Crippen LogP contribution in [0, 0.1) is 0 Å². The fraction of sp³-hybridized carbons (Fsp3) is 0.100. The van der Waals surface area contributed by atoms with E-state index in [1.54, 1.807) is 12.1 Å². The first-order valence-corrected chi connectivity index (χ1v) is 8.69. The molecule has 0 saturated heterocycles. The van der Waals surface area contributed by atoms with Crippen molar-refractivity contribution in [3.63, 3.8) is 0 Å². The van der Waals surface area contributed by atoms with Gasteiger partial charge in [0.05, 0.1) is 17.1 Å². The highest BCUT2D eigenvalue weighted by Crippen LogP contribution is 2.44. The minimum atomic E-state index is -2.03. The van der Waals surface area contributed by atoms with Gasteiger partial charge in [0.1, 0.15) is 0 Å². The van der Waals surface area contributed by atoms with Crippen LogP contribution in [0.2, 0.25) is 10.0 Å². The summed E-state index contributed by atoms with van der Waals surface area (Å²) in [6, 6.07) is 15.9. The predicted octanol–water partition coefficient (Wildman–Crippen LogP) is 4.56. The molecular formula is C20H13Cl2NO3. The van der Waals surface area contributed by atoms with Crippen molar-refractivity contribution < 1.29 is 14.7 Å². The van der Waals surface area contributed by atoms with Crippen molar-refractivity contribution >= 4 is 51.4 Å². The maximum absolute atomic E-state index is 12.8. The quantitative estimate of drug-likeness (QED) is 0.649. The fourth-order valence-corrected chi connectivity index (χ4v) is 3.95. The van der Waals surface area contributed by atoms with Gasteiger partial charge in [0, 0.05) is 16.1 Å². The Balaban J connectivity index is 1.72. The molecule has 0 saturated carbocycles. The maximum Gasteiger partial charge on any atom is 0.261 e. The second-order valence-corrected chi connectivity index (χ2v) is 7.13. The fourth-order valence-electron chi connectivity index (χ4n) is 3.30. The number of Topliss-reactive ketones (excluding diaryl/α,β-unsaturated/α-hetero) is 1. The zero-order chi connectivity index (χ0) is 18.5. The lowest BCUT2D eigenvalue weighted by Crippen LogP contribution is -2.36. The van der Waals surface area contributed by atoms with Crippen LogP contribution < -0.4 is 5.32 Å². The van der Waals surface area contributed by atoms with E-state index in [2.05, 4.69) is 5.32 Å². The van der Waals surface area contributed by atoms with Crippen molar-refractivity contribution in [2.24, 2.45) is 0 Å². The summed E-state index contributed by atoms with van der Waals surface area (Å²) in [5.41, 5.74) is -1.10. The van der Waals surface area contributed by atoms with E-state index >= 15 is 0 Å². The Bertz CT molecular complexity index is 1080. The largest absolute Gasteiger partial charge is 0.375 e. The van der Waals surface area contributed by atoms with Gasteiger partial charge in [-0.05, 0) is 29.0 Å². The van der Waals surface area contributed by atoms with Gasteiger partial charge in [-0.3, -0.25) is 9.59 Å². The third-order valence-electron chi connectivity index (χ3n) is 4.58. The molecule has 1 aliphatic rings. The lowest BCUT2D eigenvalue weighted by molar-refractivity contribution is -0.133. The topological polar surface area (TPSA) is 66.4 Å². The number of hydrogen-bond donors (Lipinski definition) is 2. The molecule has 1 aliphatic heterocycles. The predicted molar refractivity (Wildman–Crippen MR) is 102 cm³/mol. The zero-order valence-electron chi connectivity index (χ0n) is 13.4. The number of nitrogens with one attached hydrogen (secondary N) is 1. The van der Waals surface area contributed by atoms with Crippen molar-refractivity contribution in [2.75, 3.05) is 5.32 Å². The van der Waals surface area contributed by atoms with E-state index in [0.717, 1.165) is 10.8 Å². The summed E-state index contributed by atoms with van der Waals surface area (Å²) in [7, 11) is 0. The summed E-state index contributed by atoms with van der Waals surface area (Å²) in [5.74, 6) is -1.04.